The fourth-order valence-electron chi connectivity index (χ4n) is 13.2. The lowest BCUT2D eigenvalue weighted by Crippen LogP contribution is -2.60. The highest BCUT2D eigenvalue weighted by molar-refractivity contribution is 5.76. The third-order valence-electron chi connectivity index (χ3n) is 19.7. The Morgan fingerprint density at radius 3 is 1.11 bits per heavy atom. The fraction of sp³-hybridized carbons (Fsp3) is 0.881. The average molecular weight is 1340 g/mol. The van der Waals surface area contributed by atoms with Gasteiger partial charge in [0, 0.05) is 12.8 Å². The number of carbonyl (C=O) groups excluding carboxylic acids is 2. The van der Waals surface area contributed by atoms with Gasteiger partial charge in [-0.2, -0.15) is 0 Å². The Hall–Kier alpha value is -2.38. The van der Waals surface area contributed by atoms with Crippen molar-refractivity contribution in [2.45, 2.75) is 455 Å². The largest absolute Gasteiger partial charge is 0.466 e. The molecule has 0 spiro atoms. The van der Waals surface area contributed by atoms with Gasteiger partial charge in [-0.25, -0.2) is 0 Å². The van der Waals surface area contributed by atoms with Crippen LogP contribution in [0.1, 0.15) is 412 Å². The average Bonchev–Trinajstić information content (AvgIpc) is 0.841. The Labute approximate surface area is 586 Å². The van der Waals surface area contributed by atoms with Gasteiger partial charge < -0.3 is 45.1 Å². The van der Waals surface area contributed by atoms with Crippen LogP contribution in [0.25, 0.3) is 0 Å². The molecular formula is C84H157NO10. The molecule has 558 valence electrons. The van der Waals surface area contributed by atoms with E-state index in [2.05, 4.69) is 55.6 Å². The first-order valence-electron chi connectivity index (χ1n) is 41.4. The van der Waals surface area contributed by atoms with Crippen molar-refractivity contribution < 1.29 is 49.3 Å². The van der Waals surface area contributed by atoms with E-state index >= 15 is 0 Å². The van der Waals surface area contributed by atoms with Crippen molar-refractivity contribution in [3.8, 4) is 0 Å². The summed E-state index contributed by atoms with van der Waals surface area (Å²) < 4.78 is 16.8. The van der Waals surface area contributed by atoms with Crippen LogP contribution in [0.5, 0.6) is 0 Å². The summed E-state index contributed by atoms with van der Waals surface area (Å²) in [6, 6.07) is -0.826. The standard InChI is InChI=1S/C84H157NO10/c1-3-5-7-9-11-13-15-17-43-48-52-56-60-64-68-72-80(89)93-73-69-65-61-57-53-49-45-42-40-38-36-34-32-30-28-26-24-22-20-18-19-21-23-25-27-29-31-33-35-37-39-41-44-47-51-55-59-63-67-71-79(88)85-76(75-94-84-83(92)82(91)81(90)78(74-86)95-84)77(87)70-66-62-58-54-50-46-16-14-12-10-8-6-4-2/h18-19,22,24,50,54,66,70,76-78,81-84,86-87,90-92H,3-17,20-21,23,25-49,51-53,55-65,67-69,71-75H2,1-2H3,(H,85,88)/b19-18-,24-22-,54-50+,70-66+. The smallest absolute Gasteiger partial charge is 0.305 e. The molecule has 6 N–H and O–H groups in total. The van der Waals surface area contributed by atoms with Crippen molar-refractivity contribution in [2.75, 3.05) is 19.8 Å². The molecule has 7 atom stereocenters. The van der Waals surface area contributed by atoms with E-state index in [1.165, 1.54) is 327 Å². The van der Waals surface area contributed by atoms with E-state index < -0.39 is 49.5 Å². The molecule has 0 radical (unpaired) electrons. The molecule has 1 fully saturated rings. The minimum absolute atomic E-state index is 0.0179. The maximum atomic E-state index is 13.1. The SMILES string of the molecule is CCCCCCCCC/C=C/CC/C=C/C(O)C(COC1OC(CO)C(O)C(O)C1O)NC(=O)CCCCCCCCCCCCCCCCCCC/C=C\C/C=C\CCCCCCCCCCCCCCCCCOC(=O)CCCCCCCCCCCCCCCCC. The maximum absolute atomic E-state index is 13.1. The Kier molecular flexibility index (Phi) is 69.5. The number of nitrogens with one attached hydrogen (secondary N) is 1. The van der Waals surface area contributed by atoms with Crippen molar-refractivity contribution in [1.82, 2.24) is 5.32 Å². The lowest BCUT2D eigenvalue weighted by Gasteiger charge is -2.40. The number of carbonyl (C=O) groups is 2. The molecule has 7 unspecified atom stereocenters. The van der Waals surface area contributed by atoms with Gasteiger partial charge in [0.05, 0.1) is 32.0 Å². The number of hydrogen-bond donors (Lipinski definition) is 6. The monoisotopic (exact) mass is 1340 g/mol. The third kappa shape index (κ3) is 61.2. The van der Waals surface area contributed by atoms with Crippen LogP contribution in [-0.4, -0.2) is 100 Å². The lowest BCUT2D eigenvalue weighted by molar-refractivity contribution is -0.302. The minimum Gasteiger partial charge on any atom is -0.466 e. The van der Waals surface area contributed by atoms with Gasteiger partial charge in [-0.15, -0.1) is 0 Å². The number of aliphatic hydroxyl groups is 5. The highest BCUT2D eigenvalue weighted by Crippen LogP contribution is 2.24. The summed E-state index contributed by atoms with van der Waals surface area (Å²) in [5, 5.41) is 54.5. The molecule has 0 bridgehead atoms. The molecule has 95 heavy (non-hydrogen) atoms. The molecule has 11 heteroatoms. The first-order chi connectivity index (χ1) is 46.7. The Morgan fingerprint density at radius 1 is 0.389 bits per heavy atom. The third-order valence-corrected chi connectivity index (χ3v) is 19.7. The van der Waals surface area contributed by atoms with Crippen LogP contribution in [0.4, 0.5) is 0 Å². The van der Waals surface area contributed by atoms with Crippen LogP contribution >= 0.6 is 0 Å². The van der Waals surface area contributed by atoms with Crippen molar-refractivity contribution in [2.24, 2.45) is 0 Å². The lowest BCUT2D eigenvalue weighted by atomic mass is 9.99. The molecule has 1 rings (SSSR count). The van der Waals surface area contributed by atoms with Crippen LogP contribution in [0.15, 0.2) is 48.6 Å². The Balaban J connectivity index is 1.90. The summed E-state index contributed by atoms with van der Waals surface area (Å²) in [5.41, 5.74) is 0. The molecule has 0 aromatic carbocycles. The number of ether oxygens (including phenoxy) is 3. The molecule has 11 nitrogen and oxygen atoms in total. The van der Waals surface area contributed by atoms with Crippen LogP contribution in [0.2, 0.25) is 0 Å². The molecule has 1 aliphatic rings. The number of aliphatic hydroxyl groups excluding tert-OH is 5. The maximum Gasteiger partial charge on any atom is 0.305 e. The number of hydrogen-bond acceptors (Lipinski definition) is 10. The molecule has 1 saturated heterocycles. The van der Waals surface area contributed by atoms with Crippen LogP contribution in [-0.2, 0) is 23.8 Å². The zero-order chi connectivity index (χ0) is 68.6. The second-order valence-corrected chi connectivity index (χ2v) is 28.8. The normalized spacial score (nSPS) is 17.6. The summed E-state index contributed by atoms with van der Waals surface area (Å²) in [5.74, 6) is -0.169. The summed E-state index contributed by atoms with van der Waals surface area (Å²) in [6.07, 6.45) is 87.3. The second-order valence-electron chi connectivity index (χ2n) is 28.8. The van der Waals surface area contributed by atoms with Gasteiger partial charge in [0.1, 0.15) is 24.4 Å². The topological polar surface area (TPSA) is 175 Å². The number of rotatable bonds is 74. The molecule has 1 aliphatic heterocycles. The highest BCUT2D eigenvalue weighted by Gasteiger charge is 2.44. The molecular weight excluding hydrogens is 1180 g/mol. The van der Waals surface area contributed by atoms with Crippen molar-refractivity contribution in [1.29, 1.82) is 0 Å². The predicted octanol–water partition coefficient (Wildman–Crippen LogP) is 22.6. The molecule has 1 heterocycles. The minimum atomic E-state index is -1.58. The molecule has 0 aromatic rings. The van der Waals surface area contributed by atoms with Gasteiger partial charge >= 0.3 is 5.97 Å². The second kappa shape index (κ2) is 72.9. The molecule has 0 saturated carbocycles. The Morgan fingerprint density at radius 2 is 0.716 bits per heavy atom. The number of esters is 1. The van der Waals surface area contributed by atoms with Gasteiger partial charge in [-0.05, 0) is 77.0 Å². The van der Waals surface area contributed by atoms with Gasteiger partial charge in [0.2, 0.25) is 5.91 Å². The summed E-state index contributed by atoms with van der Waals surface area (Å²) in [6.45, 7) is 4.37. The quantitative estimate of drug-likeness (QED) is 0.0195. The van der Waals surface area contributed by atoms with E-state index in [-0.39, 0.29) is 18.5 Å². The van der Waals surface area contributed by atoms with E-state index in [1.807, 2.05) is 6.08 Å². The van der Waals surface area contributed by atoms with E-state index in [0.29, 0.717) is 19.4 Å². The van der Waals surface area contributed by atoms with Crippen molar-refractivity contribution in [3.63, 3.8) is 0 Å². The van der Waals surface area contributed by atoms with Crippen molar-refractivity contribution >= 4 is 11.9 Å². The van der Waals surface area contributed by atoms with Gasteiger partial charge in [0.25, 0.3) is 0 Å². The molecule has 0 aliphatic carbocycles. The van der Waals surface area contributed by atoms with Crippen LogP contribution in [0, 0.1) is 0 Å². The highest BCUT2D eigenvalue weighted by atomic mass is 16.7. The van der Waals surface area contributed by atoms with Gasteiger partial charge in [-0.1, -0.05) is 371 Å². The first kappa shape index (κ1) is 90.6. The zero-order valence-electron chi connectivity index (χ0n) is 62.4. The summed E-state index contributed by atoms with van der Waals surface area (Å²) in [4.78, 5) is 25.2. The molecule has 0 aromatic heterocycles. The van der Waals surface area contributed by atoms with E-state index in [9.17, 15) is 35.1 Å². The van der Waals surface area contributed by atoms with Crippen LogP contribution in [0.3, 0.4) is 0 Å². The zero-order valence-corrected chi connectivity index (χ0v) is 62.4. The van der Waals surface area contributed by atoms with E-state index in [4.69, 9.17) is 14.2 Å². The van der Waals surface area contributed by atoms with E-state index in [0.717, 1.165) is 57.8 Å². The predicted molar refractivity (Wildman–Crippen MR) is 403 cm³/mol. The molecule has 1 amide bonds. The van der Waals surface area contributed by atoms with Gasteiger partial charge in [0.15, 0.2) is 6.29 Å². The number of unbranched alkanes of at least 4 members (excludes halogenated alkanes) is 54. The van der Waals surface area contributed by atoms with Crippen LogP contribution < -0.4 is 5.32 Å². The first-order valence-corrected chi connectivity index (χ1v) is 41.4. The fourth-order valence-corrected chi connectivity index (χ4v) is 13.2. The van der Waals surface area contributed by atoms with E-state index in [1.54, 1.807) is 6.08 Å². The van der Waals surface area contributed by atoms with Crippen molar-refractivity contribution in [3.05, 3.63) is 48.6 Å². The summed E-state index contributed by atoms with van der Waals surface area (Å²) >= 11 is 0. The van der Waals surface area contributed by atoms with Gasteiger partial charge in [-0.3, -0.25) is 9.59 Å². The Bertz CT molecular complexity index is 1720. The number of allylic oxidation sites excluding steroid dienone is 7. The number of amides is 1. The summed E-state index contributed by atoms with van der Waals surface area (Å²) in [7, 11) is 0.